The lowest BCUT2D eigenvalue weighted by Crippen LogP contribution is -2.53. The molecule has 0 amide bonds. The van der Waals surface area contributed by atoms with Crippen molar-refractivity contribution in [3.63, 3.8) is 0 Å². The lowest BCUT2D eigenvalue weighted by atomic mass is 9.48. The standard InChI is InChI=1S/C23H34O/c1-15(2)17-8-10-19-18(14-17)9-11-20-22(19,5)12-7-13-23(20,6)21(24)16(3)4/h8,10,14-16,20H,7,9,11-13H2,1-6H3/t20?,22-,23-/m1/s1. The van der Waals surface area contributed by atoms with E-state index in [0.717, 1.165) is 12.8 Å². The Hall–Kier alpha value is -1.11. The van der Waals surface area contributed by atoms with Crippen molar-refractivity contribution in [2.24, 2.45) is 17.3 Å². The second-order valence-corrected chi connectivity index (χ2v) is 9.37. The molecular formula is C23H34O. The fraction of sp³-hybridized carbons (Fsp3) is 0.696. The van der Waals surface area contributed by atoms with E-state index < -0.39 is 0 Å². The van der Waals surface area contributed by atoms with Gasteiger partial charge in [0.2, 0.25) is 0 Å². The number of aryl methyl sites for hydroxylation is 1. The largest absolute Gasteiger partial charge is 0.299 e. The van der Waals surface area contributed by atoms with Gasteiger partial charge in [0.05, 0.1) is 0 Å². The molecule has 0 aliphatic heterocycles. The third-order valence-electron chi connectivity index (χ3n) is 7.13. The molecule has 0 spiro atoms. The van der Waals surface area contributed by atoms with E-state index in [-0.39, 0.29) is 16.7 Å². The molecule has 1 fully saturated rings. The summed E-state index contributed by atoms with van der Waals surface area (Å²) in [4.78, 5) is 13.1. The van der Waals surface area contributed by atoms with Crippen molar-refractivity contribution in [2.45, 2.75) is 85.0 Å². The van der Waals surface area contributed by atoms with Crippen LogP contribution in [0.3, 0.4) is 0 Å². The second-order valence-electron chi connectivity index (χ2n) is 9.37. The van der Waals surface area contributed by atoms with Crippen molar-refractivity contribution in [1.82, 2.24) is 0 Å². The van der Waals surface area contributed by atoms with E-state index in [2.05, 4.69) is 59.7 Å². The highest BCUT2D eigenvalue weighted by Gasteiger charge is 2.54. The second kappa shape index (κ2) is 6.00. The number of carbonyl (C=O) groups excluding carboxylic acids is 1. The van der Waals surface area contributed by atoms with Gasteiger partial charge in [-0.25, -0.2) is 0 Å². The molecule has 1 aromatic rings. The number of Topliss-reactive ketones (excluding diaryl/α,β-unsaturated/α-hetero) is 1. The van der Waals surface area contributed by atoms with E-state index >= 15 is 0 Å². The number of fused-ring (bicyclic) bond motifs is 3. The molecule has 0 radical (unpaired) electrons. The molecule has 1 saturated carbocycles. The van der Waals surface area contributed by atoms with E-state index in [1.165, 1.54) is 30.4 Å². The molecule has 1 aromatic carbocycles. The summed E-state index contributed by atoms with van der Waals surface area (Å²) in [7, 11) is 0. The molecule has 0 saturated heterocycles. The van der Waals surface area contributed by atoms with Crippen molar-refractivity contribution in [1.29, 1.82) is 0 Å². The molecule has 0 bridgehead atoms. The highest BCUT2D eigenvalue weighted by Crippen LogP contribution is 2.58. The van der Waals surface area contributed by atoms with E-state index in [9.17, 15) is 4.79 Å². The van der Waals surface area contributed by atoms with Gasteiger partial charge in [0.15, 0.2) is 0 Å². The minimum absolute atomic E-state index is 0.141. The number of hydrogen-bond donors (Lipinski definition) is 0. The van der Waals surface area contributed by atoms with E-state index in [0.29, 0.717) is 17.6 Å². The number of carbonyl (C=O) groups is 1. The van der Waals surface area contributed by atoms with Crippen LogP contribution < -0.4 is 0 Å². The normalized spacial score (nSPS) is 32.6. The van der Waals surface area contributed by atoms with E-state index in [1.54, 1.807) is 5.56 Å². The molecule has 0 aromatic heterocycles. The summed E-state index contributed by atoms with van der Waals surface area (Å²) in [6.07, 6.45) is 5.78. The summed E-state index contributed by atoms with van der Waals surface area (Å²) in [6, 6.07) is 7.16. The predicted octanol–water partition coefficient (Wildman–Crippen LogP) is 6.05. The monoisotopic (exact) mass is 326 g/mol. The van der Waals surface area contributed by atoms with Crippen LogP contribution in [0, 0.1) is 17.3 Å². The van der Waals surface area contributed by atoms with Crippen molar-refractivity contribution in [3.05, 3.63) is 34.9 Å². The van der Waals surface area contributed by atoms with Crippen LogP contribution >= 0.6 is 0 Å². The van der Waals surface area contributed by atoms with E-state index in [1.807, 2.05) is 0 Å². The summed E-state index contributed by atoms with van der Waals surface area (Å²) in [5, 5.41) is 0. The molecule has 0 N–H and O–H groups in total. The molecule has 1 unspecified atom stereocenters. The number of hydrogen-bond acceptors (Lipinski definition) is 1. The van der Waals surface area contributed by atoms with Crippen LogP contribution in [0.15, 0.2) is 18.2 Å². The van der Waals surface area contributed by atoms with Gasteiger partial charge in [0.25, 0.3) is 0 Å². The lowest BCUT2D eigenvalue weighted by molar-refractivity contribution is -0.139. The highest BCUT2D eigenvalue weighted by molar-refractivity contribution is 5.87. The zero-order chi connectivity index (χ0) is 17.7. The van der Waals surface area contributed by atoms with Gasteiger partial charge in [-0.15, -0.1) is 0 Å². The topological polar surface area (TPSA) is 17.1 Å². The zero-order valence-electron chi connectivity index (χ0n) is 16.4. The van der Waals surface area contributed by atoms with Crippen molar-refractivity contribution in [2.75, 3.05) is 0 Å². The van der Waals surface area contributed by atoms with Gasteiger partial charge in [-0.1, -0.05) is 66.2 Å². The summed E-state index contributed by atoms with van der Waals surface area (Å²) >= 11 is 0. The Labute approximate surface area is 148 Å². The smallest absolute Gasteiger partial charge is 0.141 e. The van der Waals surface area contributed by atoms with Gasteiger partial charge in [-0.05, 0) is 59.6 Å². The Morgan fingerprint density at radius 3 is 2.46 bits per heavy atom. The van der Waals surface area contributed by atoms with Gasteiger partial charge in [0, 0.05) is 11.3 Å². The predicted molar refractivity (Wildman–Crippen MR) is 101 cm³/mol. The molecular weight excluding hydrogens is 292 g/mol. The fourth-order valence-electron chi connectivity index (χ4n) is 5.82. The van der Waals surface area contributed by atoms with E-state index in [4.69, 9.17) is 0 Å². The van der Waals surface area contributed by atoms with Crippen LogP contribution in [0.2, 0.25) is 0 Å². The van der Waals surface area contributed by atoms with Crippen LogP contribution in [-0.2, 0) is 16.6 Å². The molecule has 2 aliphatic rings. The lowest BCUT2D eigenvalue weighted by Gasteiger charge is -2.55. The Morgan fingerprint density at radius 1 is 1.12 bits per heavy atom. The Balaban J connectivity index is 2.05. The molecule has 132 valence electrons. The molecule has 3 atom stereocenters. The minimum Gasteiger partial charge on any atom is -0.299 e. The SMILES string of the molecule is CC(C)C(=O)[C@]1(C)CCC[C@]2(C)c3ccc(C(C)C)cc3CCC12. The van der Waals surface area contributed by atoms with Gasteiger partial charge in [0.1, 0.15) is 5.78 Å². The van der Waals surface area contributed by atoms with Gasteiger partial charge >= 0.3 is 0 Å². The summed E-state index contributed by atoms with van der Waals surface area (Å²) in [6.45, 7) is 13.4. The van der Waals surface area contributed by atoms with Crippen LogP contribution in [0.5, 0.6) is 0 Å². The summed E-state index contributed by atoms with van der Waals surface area (Å²) in [5.74, 6) is 1.70. The minimum atomic E-state index is -0.143. The van der Waals surface area contributed by atoms with Crippen molar-refractivity contribution >= 4 is 5.78 Å². The van der Waals surface area contributed by atoms with Crippen LogP contribution in [-0.4, -0.2) is 5.78 Å². The molecule has 1 heteroatoms. The third kappa shape index (κ3) is 2.55. The molecule has 1 nitrogen and oxygen atoms in total. The number of benzene rings is 1. The first-order valence-electron chi connectivity index (χ1n) is 9.88. The van der Waals surface area contributed by atoms with Crippen LogP contribution in [0.4, 0.5) is 0 Å². The number of ketones is 1. The molecule has 24 heavy (non-hydrogen) atoms. The summed E-state index contributed by atoms with van der Waals surface area (Å²) in [5.41, 5.74) is 4.55. The first kappa shape index (κ1) is 17.7. The maximum atomic E-state index is 13.1. The van der Waals surface area contributed by atoms with Gasteiger partial charge in [-0.3, -0.25) is 4.79 Å². The molecule has 3 rings (SSSR count). The van der Waals surface area contributed by atoms with Crippen LogP contribution in [0.25, 0.3) is 0 Å². The Bertz CT molecular complexity index is 641. The zero-order valence-corrected chi connectivity index (χ0v) is 16.4. The first-order valence-corrected chi connectivity index (χ1v) is 9.88. The average Bonchev–Trinajstić information content (AvgIpc) is 2.53. The third-order valence-corrected chi connectivity index (χ3v) is 7.13. The molecule has 0 heterocycles. The van der Waals surface area contributed by atoms with Crippen molar-refractivity contribution < 1.29 is 4.79 Å². The summed E-state index contributed by atoms with van der Waals surface area (Å²) < 4.78 is 0. The van der Waals surface area contributed by atoms with Crippen LogP contribution in [0.1, 0.15) is 89.8 Å². The maximum Gasteiger partial charge on any atom is 0.141 e. The number of rotatable bonds is 3. The van der Waals surface area contributed by atoms with Gasteiger partial charge in [-0.2, -0.15) is 0 Å². The maximum absolute atomic E-state index is 13.1. The Kier molecular flexibility index (Phi) is 4.43. The molecule has 2 aliphatic carbocycles. The fourth-order valence-corrected chi connectivity index (χ4v) is 5.82. The highest BCUT2D eigenvalue weighted by atomic mass is 16.1. The first-order chi connectivity index (χ1) is 11.2. The quantitative estimate of drug-likeness (QED) is 0.661. The van der Waals surface area contributed by atoms with Crippen molar-refractivity contribution in [3.8, 4) is 0 Å². The van der Waals surface area contributed by atoms with Gasteiger partial charge < -0.3 is 0 Å². The Morgan fingerprint density at radius 2 is 1.83 bits per heavy atom. The average molecular weight is 327 g/mol.